The van der Waals surface area contributed by atoms with E-state index in [0.717, 1.165) is 34.8 Å². The predicted octanol–water partition coefficient (Wildman–Crippen LogP) is 12.1. The Hall–Kier alpha value is -6.43. The number of amidine groups is 2. The van der Waals surface area contributed by atoms with Crippen LogP contribution in [0.4, 0.5) is 5.69 Å². The first-order valence-electron chi connectivity index (χ1n) is 19.9. The van der Waals surface area contributed by atoms with E-state index in [0.29, 0.717) is 5.92 Å². The van der Waals surface area contributed by atoms with E-state index in [1.54, 1.807) is 0 Å². The molecule has 0 aromatic heterocycles. The molecular formula is C52H40N4S. The third-order valence-corrected chi connectivity index (χ3v) is 13.4. The Morgan fingerprint density at radius 3 is 2.00 bits per heavy atom. The molecule has 11 rings (SSSR count). The first-order valence-corrected chi connectivity index (χ1v) is 20.8. The summed E-state index contributed by atoms with van der Waals surface area (Å²) < 4.78 is 0. The highest BCUT2D eigenvalue weighted by molar-refractivity contribution is 8.04. The van der Waals surface area contributed by atoms with Crippen molar-refractivity contribution >= 4 is 40.3 Å². The Kier molecular flexibility index (Phi) is 8.47. The molecule has 1 fully saturated rings. The quantitative estimate of drug-likeness (QED) is 0.178. The Morgan fingerprint density at radius 2 is 1.21 bits per heavy atom. The van der Waals surface area contributed by atoms with Crippen LogP contribution in [0.1, 0.15) is 52.0 Å². The number of allylic oxidation sites excluding steroid dienone is 5. The Balaban J connectivity index is 0.943. The summed E-state index contributed by atoms with van der Waals surface area (Å²) in [5, 5.41) is 7.87. The predicted molar refractivity (Wildman–Crippen MR) is 238 cm³/mol. The lowest BCUT2D eigenvalue weighted by atomic mass is 9.70. The Bertz CT molecular complexity index is 2690. The van der Waals surface area contributed by atoms with Gasteiger partial charge >= 0.3 is 0 Å². The fourth-order valence-electron chi connectivity index (χ4n) is 9.25. The van der Waals surface area contributed by atoms with Gasteiger partial charge in [-0.3, -0.25) is 0 Å². The number of anilines is 1. The van der Waals surface area contributed by atoms with E-state index in [9.17, 15) is 0 Å². The van der Waals surface area contributed by atoms with Crippen molar-refractivity contribution in [3.05, 3.63) is 232 Å². The van der Waals surface area contributed by atoms with Crippen molar-refractivity contribution in [2.24, 2.45) is 21.8 Å². The van der Waals surface area contributed by atoms with Crippen molar-refractivity contribution < 1.29 is 0 Å². The van der Waals surface area contributed by atoms with Crippen LogP contribution in [-0.4, -0.2) is 16.9 Å². The summed E-state index contributed by atoms with van der Waals surface area (Å²) >= 11 is 2.04. The van der Waals surface area contributed by atoms with Gasteiger partial charge in [-0.1, -0.05) is 176 Å². The van der Waals surface area contributed by atoms with E-state index in [2.05, 4.69) is 193 Å². The molecule has 57 heavy (non-hydrogen) atoms. The maximum atomic E-state index is 5.27. The highest BCUT2D eigenvalue weighted by Crippen LogP contribution is 2.61. The molecule has 0 amide bonds. The molecule has 3 aliphatic heterocycles. The minimum atomic E-state index is -0.375. The Labute approximate surface area is 338 Å². The van der Waals surface area contributed by atoms with E-state index < -0.39 is 0 Å². The molecule has 6 aromatic carbocycles. The fraction of sp³-hybridized carbons (Fsp3) is 0.115. The maximum absolute atomic E-state index is 5.27. The minimum Gasteiger partial charge on any atom is -0.377 e. The number of para-hydroxylation sites is 1. The number of hydrogen-bond donors (Lipinski definition) is 2. The number of fused-ring (bicyclic) bond motifs is 6. The molecule has 0 spiro atoms. The zero-order valence-corrected chi connectivity index (χ0v) is 32.1. The van der Waals surface area contributed by atoms with Crippen LogP contribution >= 0.6 is 11.8 Å². The smallest absolute Gasteiger partial charge is 0.169 e. The van der Waals surface area contributed by atoms with Gasteiger partial charge in [0.1, 0.15) is 11.7 Å². The number of thioether (sulfide) groups is 1. The van der Waals surface area contributed by atoms with E-state index in [1.807, 2.05) is 17.8 Å². The third kappa shape index (κ3) is 6.10. The topological polar surface area (TPSA) is 48.8 Å². The van der Waals surface area contributed by atoms with Crippen molar-refractivity contribution in [2.75, 3.05) is 5.32 Å². The average molecular weight is 753 g/mol. The van der Waals surface area contributed by atoms with Gasteiger partial charge in [0, 0.05) is 44.4 Å². The van der Waals surface area contributed by atoms with Crippen molar-refractivity contribution in [3.8, 4) is 11.1 Å². The summed E-state index contributed by atoms with van der Waals surface area (Å²) in [5.74, 6) is 2.30. The first kappa shape index (κ1) is 33.9. The number of aliphatic imine (C=N–C) groups is 2. The molecule has 2 aliphatic carbocycles. The van der Waals surface area contributed by atoms with Crippen molar-refractivity contribution in [1.82, 2.24) is 5.32 Å². The minimum absolute atomic E-state index is 0.225. The second-order valence-corrected chi connectivity index (χ2v) is 16.5. The van der Waals surface area contributed by atoms with Gasteiger partial charge in [-0.2, -0.15) is 0 Å². The van der Waals surface area contributed by atoms with Gasteiger partial charge in [0.2, 0.25) is 0 Å². The molecule has 0 bridgehead atoms. The van der Waals surface area contributed by atoms with Crippen LogP contribution in [-0.2, 0) is 0 Å². The summed E-state index contributed by atoms with van der Waals surface area (Å²) in [4.78, 5) is 11.9. The molecule has 1 saturated heterocycles. The molecule has 3 heterocycles. The van der Waals surface area contributed by atoms with E-state index in [1.165, 1.54) is 55.1 Å². The fourth-order valence-corrected chi connectivity index (χ4v) is 10.8. The first-order chi connectivity index (χ1) is 28.2. The summed E-state index contributed by atoms with van der Waals surface area (Å²) in [6, 6.07) is 58.6. The summed E-state index contributed by atoms with van der Waals surface area (Å²) in [6.07, 6.45) is 10.2. The van der Waals surface area contributed by atoms with Gasteiger partial charge < -0.3 is 10.6 Å². The van der Waals surface area contributed by atoms with Crippen LogP contribution in [0.15, 0.2) is 209 Å². The van der Waals surface area contributed by atoms with Crippen LogP contribution in [0.5, 0.6) is 0 Å². The second-order valence-electron chi connectivity index (χ2n) is 15.3. The SMILES string of the molecule is C1=CC2C3=C4c5ccccc5NC(c5ccccc5)C4CC=C3SC2C(c2cccc(C3=NC(c4ccc(-c5ccccc5)cc4)N=C(c4ccccc4)N3)c2)=C1. The lowest BCUT2D eigenvalue weighted by Gasteiger charge is -2.40. The number of hydrogen-bond acceptors (Lipinski definition) is 5. The molecule has 6 aromatic rings. The highest BCUT2D eigenvalue weighted by atomic mass is 32.2. The third-order valence-electron chi connectivity index (χ3n) is 12.0. The van der Waals surface area contributed by atoms with E-state index in [4.69, 9.17) is 9.98 Å². The van der Waals surface area contributed by atoms with Gasteiger partial charge in [-0.25, -0.2) is 9.98 Å². The summed E-state index contributed by atoms with van der Waals surface area (Å²) in [5.41, 5.74) is 15.1. The zero-order chi connectivity index (χ0) is 37.7. The van der Waals surface area contributed by atoms with E-state index in [-0.39, 0.29) is 23.4 Å². The van der Waals surface area contributed by atoms with Gasteiger partial charge in [-0.05, 0) is 63.1 Å². The molecule has 5 heteroatoms. The number of nitrogens with one attached hydrogen (secondary N) is 2. The van der Waals surface area contributed by atoms with Gasteiger partial charge in [0.05, 0.1) is 6.04 Å². The molecular weight excluding hydrogens is 713 g/mol. The monoisotopic (exact) mass is 752 g/mol. The lowest BCUT2D eigenvalue weighted by molar-refractivity contribution is 0.554. The van der Waals surface area contributed by atoms with Gasteiger partial charge in [0.25, 0.3) is 0 Å². The molecule has 0 radical (unpaired) electrons. The van der Waals surface area contributed by atoms with Crippen LogP contribution in [0.3, 0.4) is 0 Å². The van der Waals surface area contributed by atoms with Crippen molar-refractivity contribution in [1.29, 1.82) is 0 Å². The Morgan fingerprint density at radius 1 is 0.561 bits per heavy atom. The summed E-state index contributed by atoms with van der Waals surface area (Å²) in [6.45, 7) is 0. The molecule has 274 valence electrons. The number of rotatable bonds is 6. The zero-order valence-electron chi connectivity index (χ0n) is 31.3. The molecule has 2 N–H and O–H groups in total. The van der Waals surface area contributed by atoms with Crippen molar-refractivity contribution in [3.63, 3.8) is 0 Å². The van der Waals surface area contributed by atoms with Gasteiger partial charge in [-0.15, -0.1) is 11.8 Å². The number of benzene rings is 6. The standard InChI is InChI=1S/C52H40N4S/c1-4-14-33(15-5-1)34-26-28-37(29-27-34)51-54-50(36-18-8-3-9-19-36)55-52(56-51)39-21-12-20-38(32-39)40-23-13-24-43-47-45(57-49(40)43)31-30-42-46(47)41-22-10-11-25-44(41)53-48(42)35-16-6-2-7-17-35/h1-29,31-32,42-43,48-49,51,53H,30H2,(H,54,55,56). The van der Waals surface area contributed by atoms with Crippen LogP contribution in [0.25, 0.3) is 22.3 Å². The van der Waals surface area contributed by atoms with Crippen LogP contribution in [0, 0.1) is 11.8 Å². The van der Waals surface area contributed by atoms with Gasteiger partial charge in [0.15, 0.2) is 6.17 Å². The highest BCUT2D eigenvalue weighted by Gasteiger charge is 2.45. The summed E-state index contributed by atoms with van der Waals surface area (Å²) in [7, 11) is 0. The largest absolute Gasteiger partial charge is 0.377 e. The second kappa shape index (κ2) is 14.3. The molecule has 5 unspecified atom stereocenters. The van der Waals surface area contributed by atoms with Crippen molar-refractivity contribution in [2.45, 2.75) is 23.9 Å². The molecule has 4 nitrogen and oxygen atoms in total. The van der Waals surface area contributed by atoms with Crippen LogP contribution in [0.2, 0.25) is 0 Å². The normalized spacial score (nSPS) is 23.0. The van der Waals surface area contributed by atoms with E-state index >= 15 is 0 Å². The molecule has 5 aliphatic rings. The molecule has 0 saturated carbocycles. The molecule has 5 atom stereocenters. The lowest BCUT2D eigenvalue weighted by Crippen LogP contribution is -2.36. The number of nitrogens with zero attached hydrogens (tertiary/aromatic N) is 2. The van der Waals surface area contributed by atoms with Crippen LogP contribution < -0.4 is 10.6 Å². The maximum Gasteiger partial charge on any atom is 0.169 e. The average Bonchev–Trinajstić information content (AvgIpc) is 3.69.